The van der Waals surface area contributed by atoms with Gasteiger partial charge in [0.15, 0.2) is 0 Å². The molecule has 0 saturated carbocycles. The quantitative estimate of drug-likeness (QED) is 0.784. The van der Waals surface area contributed by atoms with Crippen LogP contribution in [0.3, 0.4) is 0 Å². The monoisotopic (exact) mass is 377 g/mol. The Morgan fingerprint density at radius 3 is 2.27 bits per heavy atom. The van der Waals surface area contributed by atoms with Crippen molar-refractivity contribution in [1.82, 2.24) is 0 Å². The minimum Gasteiger partial charge on any atom is -0.406 e. The molecule has 0 aromatic heterocycles. The van der Waals surface area contributed by atoms with Gasteiger partial charge in [-0.2, -0.15) is 0 Å². The third-order valence-electron chi connectivity index (χ3n) is 2.52. The van der Waals surface area contributed by atoms with Crippen molar-refractivity contribution in [3.8, 4) is 5.75 Å². The number of nitrogens with one attached hydrogen (secondary N) is 1. The van der Waals surface area contributed by atoms with E-state index < -0.39 is 23.8 Å². The van der Waals surface area contributed by atoms with E-state index in [0.717, 1.165) is 24.3 Å². The van der Waals surface area contributed by atoms with Gasteiger partial charge < -0.3 is 10.1 Å². The summed E-state index contributed by atoms with van der Waals surface area (Å²) in [6.45, 7) is 0. The van der Waals surface area contributed by atoms with Crippen LogP contribution in [0.25, 0.3) is 0 Å². The lowest BCUT2D eigenvalue weighted by Gasteiger charge is -2.10. The van der Waals surface area contributed by atoms with E-state index in [9.17, 15) is 22.4 Å². The second kappa shape index (κ2) is 6.35. The van der Waals surface area contributed by atoms with Gasteiger partial charge in [-0.3, -0.25) is 4.79 Å². The summed E-state index contributed by atoms with van der Waals surface area (Å²) in [6.07, 6.45) is -4.77. The van der Waals surface area contributed by atoms with Crippen molar-refractivity contribution in [2.45, 2.75) is 6.36 Å². The van der Waals surface area contributed by atoms with Crippen LogP contribution in [0, 0.1) is 5.82 Å². The number of rotatable bonds is 3. The molecule has 0 aliphatic heterocycles. The number of ether oxygens (including phenoxy) is 1. The van der Waals surface area contributed by atoms with E-state index in [1.165, 1.54) is 18.2 Å². The van der Waals surface area contributed by atoms with Crippen molar-refractivity contribution < 1.29 is 27.1 Å². The lowest BCUT2D eigenvalue weighted by Crippen LogP contribution is -2.17. The number of amides is 1. The van der Waals surface area contributed by atoms with E-state index in [4.69, 9.17) is 0 Å². The Kier molecular flexibility index (Phi) is 4.70. The Bertz CT molecular complexity index is 686. The second-order valence-electron chi connectivity index (χ2n) is 4.15. The van der Waals surface area contributed by atoms with Gasteiger partial charge in [0.2, 0.25) is 0 Å². The Hall–Kier alpha value is -2.09. The molecule has 8 heteroatoms. The van der Waals surface area contributed by atoms with E-state index in [1.807, 2.05) is 0 Å². The van der Waals surface area contributed by atoms with Crippen LogP contribution in [-0.2, 0) is 0 Å². The minimum absolute atomic E-state index is 0.192. The standard InChI is InChI=1S/C14H8BrF4NO2/c15-12-7-8(16)1-6-11(12)13(21)20-9-2-4-10(5-3-9)22-14(17,18)19/h1-7H,(H,20,21). The second-order valence-corrected chi connectivity index (χ2v) is 5.00. The molecule has 0 heterocycles. The molecule has 0 fully saturated rings. The topological polar surface area (TPSA) is 38.3 Å². The molecule has 3 nitrogen and oxygen atoms in total. The van der Waals surface area contributed by atoms with Crippen molar-refractivity contribution >= 4 is 27.5 Å². The van der Waals surface area contributed by atoms with Crippen LogP contribution in [0.4, 0.5) is 23.2 Å². The zero-order valence-corrected chi connectivity index (χ0v) is 12.3. The fourth-order valence-electron chi connectivity index (χ4n) is 1.61. The van der Waals surface area contributed by atoms with Gasteiger partial charge in [-0.1, -0.05) is 0 Å². The van der Waals surface area contributed by atoms with Crippen molar-refractivity contribution in [3.63, 3.8) is 0 Å². The summed E-state index contributed by atoms with van der Waals surface area (Å²) in [5.41, 5.74) is 0.466. The van der Waals surface area contributed by atoms with Crippen LogP contribution in [0.15, 0.2) is 46.9 Å². The summed E-state index contributed by atoms with van der Waals surface area (Å²) in [7, 11) is 0. The van der Waals surface area contributed by atoms with E-state index in [2.05, 4.69) is 26.0 Å². The Morgan fingerprint density at radius 1 is 1.09 bits per heavy atom. The Labute approximate surface area is 131 Å². The average Bonchev–Trinajstić information content (AvgIpc) is 2.39. The number of anilines is 1. The van der Waals surface area contributed by atoms with Gasteiger partial charge in [-0.05, 0) is 58.4 Å². The van der Waals surface area contributed by atoms with E-state index in [-0.39, 0.29) is 15.7 Å². The molecule has 0 atom stereocenters. The van der Waals surface area contributed by atoms with Crippen molar-refractivity contribution in [3.05, 3.63) is 58.3 Å². The van der Waals surface area contributed by atoms with E-state index >= 15 is 0 Å². The molecule has 0 spiro atoms. The number of alkyl halides is 3. The van der Waals surface area contributed by atoms with E-state index in [0.29, 0.717) is 0 Å². The first kappa shape index (κ1) is 16.3. The highest BCUT2D eigenvalue weighted by atomic mass is 79.9. The van der Waals surface area contributed by atoms with Crippen molar-refractivity contribution in [1.29, 1.82) is 0 Å². The number of hydrogen-bond donors (Lipinski definition) is 1. The maximum atomic E-state index is 13.0. The third-order valence-corrected chi connectivity index (χ3v) is 3.18. The van der Waals surface area contributed by atoms with Crippen LogP contribution >= 0.6 is 15.9 Å². The predicted octanol–water partition coefficient (Wildman–Crippen LogP) is 4.74. The zero-order valence-electron chi connectivity index (χ0n) is 10.7. The van der Waals surface area contributed by atoms with Crippen LogP contribution in [0.2, 0.25) is 0 Å². The van der Waals surface area contributed by atoms with Crippen molar-refractivity contribution in [2.75, 3.05) is 5.32 Å². The number of halogens is 5. The maximum Gasteiger partial charge on any atom is 0.573 e. The summed E-state index contributed by atoms with van der Waals surface area (Å²) in [6, 6.07) is 8.21. The number of hydrogen-bond acceptors (Lipinski definition) is 2. The van der Waals surface area contributed by atoms with Gasteiger partial charge in [0.25, 0.3) is 5.91 Å². The van der Waals surface area contributed by atoms with Crippen LogP contribution in [0.1, 0.15) is 10.4 Å². The highest BCUT2D eigenvalue weighted by molar-refractivity contribution is 9.10. The molecule has 2 aromatic carbocycles. The molecular formula is C14H8BrF4NO2. The Balaban J connectivity index is 2.09. The first-order chi connectivity index (χ1) is 10.2. The molecule has 0 bridgehead atoms. The summed E-state index contributed by atoms with van der Waals surface area (Å²) >= 11 is 3.06. The molecule has 2 rings (SSSR count). The summed E-state index contributed by atoms with van der Waals surface area (Å²) < 4.78 is 53.0. The van der Waals surface area contributed by atoms with Crippen LogP contribution in [0.5, 0.6) is 5.75 Å². The van der Waals surface area contributed by atoms with Crippen LogP contribution < -0.4 is 10.1 Å². The van der Waals surface area contributed by atoms with Crippen molar-refractivity contribution in [2.24, 2.45) is 0 Å². The molecule has 1 N–H and O–H groups in total. The highest BCUT2D eigenvalue weighted by Crippen LogP contribution is 2.25. The fourth-order valence-corrected chi connectivity index (χ4v) is 2.14. The summed E-state index contributed by atoms with van der Waals surface area (Å²) in [4.78, 5) is 12.0. The number of carbonyl (C=O) groups excluding carboxylic acids is 1. The molecule has 0 radical (unpaired) electrons. The molecule has 2 aromatic rings. The lowest BCUT2D eigenvalue weighted by atomic mass is 10.2. The van der Waals surface area contributed by atoms with Gasteiger partial charge in [0.1, 0.15) is 11.6 Å². The zero-order chi connectivity index (χ0) is 16.3. The highest BCUT2D eigenvalue weighted by Gasteiger charge is 2.30. The third kappa shape index (κ3) is 4.45. The van der Waals surface area contributed by atoms with Gasteiger partial charge in [-0.15, -0.1) is 13.2 Å². The molecule has 116 valence electrons. The smallest absolute Gasteiger partial charge is 0.406 e. The maximum absolute atomic E-state index is 13.0. The SMILES string of the molecule is O=C(Nc1ccc(OC(F)(F)F)cc1)c1ccc(F)cc1Br. The first-order valence-corrected chi connectivity index (χ1v) is 6.66. The molecular weight excluding hydrogens is 370 g/mol. The van der Waals surface area contributed by atoms with Gasteiger partial charge in [0, 0.05) is 10.2 Å². The summed E-state index contributed by atoms with van der Waals surface area (Å²) in [5.74, 6) is -1.43. The largest absolute Gasteiger partial charge is 0.573 e. The number of benzene rings is 2. The molecule has 0 aliphatic rings. The lowest BCUT2D eigenvalue weighted by molar-refractivity contribution is -0.274. The van der Waals surface area contributed by atoms with E-state index in [1.54, 1.807) is 0 Å². The molecule has 1 amide bonds. The Morgan fingerprint density at radius 2 is 1.73 bits per heavy atom. The first-order valence-electron chi connectivity index (χ1n) is 5.87. The summed E-state index contributed by atoms with van der Waals surface area (Å²) in [5, 5.41) is 2.48. The molecule has 0 saturated heterocycles. The minimum atomic E-state index is -4.77. The van der Waals surface area contributed by atoms with Crippen LogP contribution in [-0.4, -0.2) is 12.3 Å². The normalized spacial score (nSPS) is 11.1. The van der Waals surface area contributed by atoms with Gasteiger partial charge in [-0.25, -0.2) is 4.39 Å². The fraction of sp³-hybridized carbons (Fsp3) is 0.0714. The predicted molar refractivity (Wildman–Crippen MR) is 75.2 cm³/mol. The average molecular weight is 378 g/mol. The van der Waals surface area contributed by atoms with Gasteiger partial charge >= 0.3 is 6.36 Å². The molecule has 0 unspecified atom stereocenters. The van der Waals surface area contributed by atoms with Gasteiger partial charge in [0.05, 0.1) is 5.56 Å². The molecule has 0 aliphatic carbocycles. The number of carbonyl (C=O) groups is 1. The molecule has 22 heavy (non-hydrogen) atoms.